The normalized spacial score (nSPS) is 20.2. The molecule has 2 heterocycles. The molecule has 0 fully saturated rings. The van der Waals surface area contributed by atoms with Crippen LogP contribution < -0.4 is 21.3 Å². The maximum absolute atomic E-state index is 13.0. The maximum Gasteiger partial charge on any atom is 0.387 e. The number of rotatable bonds is 3. The van der Waals surface area contributed by atoms with Gasteiger partial charge in [-0.05, 0) is 29.5 Å². The first-order chi connectivity index (χ1) is 13.6. The number of aromatic nitrogens is 2. The standard InChI is InChI=1S/C20H19F2N3O4/c1-20(2)7-11-14(12(26)8-20)13(9-3-5-10(6-4-9)29-18(21)22)15-16(23-11)24-19(28)25-17(15)27/h3-6,13,18H,7-8H2,1-2H3,(H3,23,24,25,27,28). The molecule has 3 N–H and O–H groups in total. The lowest BCUT2D eigenvalue weighted by Gasteiger charge is -2.38. The summed E-state index contributed by atoms with van der Waals surface area (Å²) >= 11 is 0. The first kappa shape index (κ1) is 19.1. The van der Waals surface area contributed by atoms with Gasteiger partial charge in [0.15, 0.2) is 5.78 Å². The predicted molar refractivity (Wildman–Crippen MR) is 101 cm³/mol. The molecule has 0 spiro atoms. The van der Waals surface area contributed by atoms with E-state index in [2.05, 4.69) is 20.0 Å². The number of aromatic amines is 2. The highest BCUT2D eigenvalue weighted by atomic mass is 19.3. The van der Waals surface area contributed by atoms with Crippen molar-refractivity contribution in [3.05, 3.63) is 67.5 Å². The number of fused-ring (bicyclic) bond motifs is 1. The molecule has 9 heteroatoms. The van der Waals surface area contributed by atoms with E-state index in [1.54, 1.807) is 12.1 Å². The number of Topliss-reactive ketones (excluding diaryl/α,β-unsaturated/α-hetero) is 1. The predicted octanol–water partition coefficient (Wildman–Crippen LogP) is 2.87. The number of benzene rings is 1. The summed E-state index contributed by atoms with van der Waals surface area (Å²) in [6.45, 7) is 0.986. The number of hydrogen-bond donors (Lipinski definition) is 3. The number of anilines is 1. The number of allylic oxidation sites excluding steroid dienone is 2. The summed E-state index contributed by atoms with van der Waals surface area (Å²) in [7, 11) is 0. The van der Waals surface area contributed by atoms with Crippen LogP contribution in [-0.2, 0) is 4.79 Å². The molecule has 1 aliphatic carbocycles. The molecular formula is C20H19F2N3O4. The first-order valence-corrected chi connectivity index (χ1v) is 9.09. The van der Waals surface area contributed by atoms with E-state index in [1.807, 2.05) is 13.8 Å². The molecule has 2 aliphatic rings. The zero-order chi connectivity index (χ0) is 20.9. The van der Waals surface area contributed by atoms with Gasteiger partial charge in [-0.15, -0.1) is 0 Å². The van der Waals surface area contributed by atoms with Crippen molar-refractivity contribution in [1.82, 2.24) is 9.97 Å². The number of ether oxygens (including phenoxy) is 1. The van der Waals surface area contributed by atoms with Gasteiger partial charge in [-0.25, -0.2) is 4.79 Å². The average molecular weight is 403 g/mol. The minimum Gasteiger partial charge on any atom is -0.435 e. The molecule has 0 saturated carbocycles. The van der Waals surface area contributed by atoms with Gasteiger partial charge in [0.25, 0.3) is 5.56 Å². The minimum absolute atomic E-state index is 0.0291. The second-order valence-electron chi connectivity index (χ2n) is 8.04. The van der Waals surface area contributed by atoms with Crippen molar-refractivity contribution in [2.75, 3.05) is 5.32 Å². The van der Waals surface area contributed by atoms with Gasteiger partial charge in [0, 0.05) is 23.6 Å². The fourth-order valence-corrected chi connectivity index (χ4v) is 4.12. The summed E-state index contributed by atoms with van der Waals surface area (Å²) in [5, 5.41) is 3.06. The van der Waals surface area contributed by atoms with Crippen LogP contribution in [0.15, 0.2) is 45.1 Å². The van der Waals surface area contributed by atoms with E-state index in [4.69, 9.17) is 0 Å². The molecule has 0 saturated heterocycles. The molecular weight excluding hydrogens is 384 g/mol. The molecule has 4 rings (SSSR count). The van der Waals surface area contributed by atoms with E-state index in [1.165, 1.54) is 12.1 Å². The van der Waals surface area contributed by atoms with Crippen LogP contribution in [0.2, 0.25) is 0 Å². The molecule has 2 aromatic rings. The molecule has 7 nitrogen and oxygen atoms in total. The summed E-state index contributed by atoms with van der Waals surface area (Å²) in [6.07, 6.45) is 0.874. The Labute approximate surface area is 163 Å². The van der Waals surface area contributed by atoms with E-state index in [0.29, 0.717) is 29.7 Å². The Hall–Kier alpha value is -3.23. The Morgan fingerprint density at radius 3 is 2.41 bits per heavy atom. The van der Waals surface area contributed by atoms with Gasteiger partial charge in [0.2, 0.25) is 0 Å². The molecule has 0 amide bonds. The third-order valence-corrected chi connectivity index (χ3v) is 5.19. The third-order valence-electron chi connectivity index (χ3n) is 5.19. The van der Waals surface area contributed by atoms with E-state index < -0.39 is 23.8 Å². The number of alkyl halides is 2. The average Bonchev–Trinajstić information content (AvgIpc) is 2.58. The number of nitrogens with one attached hydrogen (secondary N) is 3. The van der Waals surface area contributed by atoms with Gasteiger partial charge in [-0.1, -0.05) is 26.0 Å². The topological polar surface area (TPSA) is 104 Å². The monoisotopic (exact) mass is 403 g/mol. The zero-order valence-corrected chi connectivity index (χ0v) is 15.8. The highest BCUT2D eigenvalue weighted by Crippen LogP contribution is 2.47. The Balaban J connectivity index is 1.90. The van der Waals surface area contributed by atoms with Crippen molar-refractivity contribution in [2.45, 2.75) is 39.2 Å². The zero-order valence-electron chi connectivity index (χ0n) is 15.8. The van der Waals surface area contributed by atoms with Crippen LogP contribution in [0.3, 0.4) is 0 Å². The highest BCUT2D eigenvalue weighted by Gasteiger charge is 2.42. The summed E-state index contributed by atoms with van der Waals surface area (Å²) in [5.41, 5.74) is 0.326. The number of ketones is 1. The van der Waals surface area contributed by atoms with E-state index in [9.17, 15) is 23.2 Å². The Kier molecular flexibility index (Phi) is 4.40. The number of carbonyl (C=O) groups is 1. The lowest BCUT2D eigenvalue weighted by Crippen LogP contribution is -2.38. The largest absolute Gasteiger partial charge is 0.435 e. The Morgan fingerprint density at radius 1 is 1.07 bits per heavy atom. The van der Waals surface area contributed by atoms with Gasteiger partial charge in [0.1, 0.15) is 11.6 Å². The SMILES string of the molecule is CC1(C)CC(=O)C2=C(C1)Nc1[nH]c(=O)[nH]c(=O)c1C2c1ccc(OC(F)F)cc1. The van der Waals surface area contributed by atoms with Crippen LogP contribution in [0.5, 0.6) is 5.75 Å². The number of hydrogen-bond acceptors (Lipinski definition) is 5. The van der Waals surface area contributed by atoms with Crippen molar-refractivity contribution in [1.29, 1.82) is 0 Å². The molecule has 1 aromatic heterocycles. The fraction of sp³-hybridized carbons (Fsp3) is 0.350. The van der Waals surface area contributed by atoms with Crippen molar-refractivity contribution in [3.63, 3.8) is 0 Å². The second kappa shape index (κ2) is 6.68. The molecule has 1 aromatic carbocycles. The van der Waals surface area contributed by atoms with Crippen LogP contribution in [0, 0.1) is 5.41 Å². The number of halogens is 2. The summed E-state index contributed by atoms with van der Waals surface area (Å²) in [5.74, 6) is -0.622. The molecule has 29 heavy (non-hydrogen) atoms. The number of H-pyrrole nitrogens is 2. The Bertz CT molecular complexity index is 1130. The highest BCUT2D eigenvalue weighted by molar-refractivity contribution is 6.01. The van der Waals surface area contributed by atoms with Gasteiger partial charge in [-0.2, -0.15) is 8.78 Å². The molecule has 1 atom stereocenters. The van der Waals surface area contributed by atoms with Crippen LogP contribution >= 0.6 is 0 Å². The van der Waals surface area contributed by atoms with Crippen LogP contribution in [-0.4, -0.2) is 22.4 Å². The molecule has 0 radical (unpaired) electrons. The molecule has 1 unspecified atom stereocenters. The third kappa shape index (κ3) is 3.48. The second-order valence-corrected chi connectivity index (χ2v) is 8.04. The van der Waals surface area contributed by atoms with E-state index in [0.717, 1.165) is 0 Å². The van der Waals surface area contributed by atoms with E-state index in [-0.39, 0.29) is 28.3 Å². The van der Waals surface area contributed by atoms with Crippen LogP contribution in [0.4, 0.5) is 14.6 Å². The van der Waals surface area contributed by atoms with Gasteiger partial charge in [0.05, 0.1) is 5.56 Å². The van der Waals surface area contributed by atoms with Crippen molar-refractivity contribution < 1.29 is 18.3 Å². The lowest BCUT2D eigenvalue weighted by atomic mass is 9.69. The van der Waals surface area contributed by atoms with Crippen LogP contribution in [0.1, 0.15) is 43.7 Å². The lowest BCUT2D eigenvalue weighted by molar-refractivity contribution is -0.118. The van der Waals surface area contributed by atoms with Gasteiger partial charge >= 0.3 is 12.3 Å². The summed E-state index contributed by atoms with van der Waals surface area (Å²) in [4.78, 5) is 42.2. The Morgan fingerprint density at radius 2 is 1.76 bits per heavy atom. The van der Waals surface area contributed by atoms with Gasteiger partial charge < -0.3 is 10.1 Å². The minimum atomic E-state index is -2.95. The van der Waals surface area contributed by atoms with Crippen molar-refractivity contribution >= 4 is 11.6 Å². The molecule has 0 bridgehead atoms. The van der Waals surface area contributed by atoms with Crippen molar-refractivity contribution in [3.8, 4) is 5.75 Å². The summed E-state index contributed by atoms with van der Waals surface area (Å²) < 4.78 is 29.3. The quantitative estimate of drug-likeness (QED) is 0.731. The summed E-state index contributed by atoms with van der Waals surface area (Å²) in [6, 6.07) is 5.81. The number of carbonyl (C=O) groups excluding carboxylic acids is 1. The van der Waals surface area contributed by atoms with E-state index >= 15 is 0 Å². The fourth-order valence-electron chi connectivity index (χ4n) is 4.12. The molecule has 152 valence electrons. The maximum atomic E-state index is 13.0. The first-order valence-electron chi connectivity index (χ1n) is 9.09. The molecule has 1 aliphatic heterocycles. The smallest absolute Gasteiger partial charge is 0.387 e. The van der Waals surface area contributed by atoms with Crippen molar-refractivity contribution in [2.24, 2.45) is 5.41 Å². The van der Waals surface area contributed by atoms with Gasteiger partial charge in [-0.3, -0.25) is 19.6 Å². The van der Waals surface area contributed by atoms with Crippen LogP contribution in [0.25, 0.3) is 0 Å².